The molecule has 1 atom stereocenters. The highest BCUT2D eigenvalue weighted by molar-refractivity contribution is 6.00. The normalized spacial score (nSPS) is 16.1. The first kappa shape index (κ1) is 24.6. The number of pyridine rings is 1. The van der Waals surface area contributed by atoms with Gasteiger partial charge in [-0.1, -0.05) is 0 Å². The lowest BCUT2D eigenvalue weighted by Crippen LogP contribution is -2.42. The monoisotopic (exact) mass is 479 g/mol. The summed E-state index contributed by atoms with van der Waals surface area (Å²) in [7, 11) is 2.08. The third kappa shape index (κ3) is 5.58. The van der Waals surface area contributed by atoms with E-state index in [0.717, 1.165) is 31.4 Å². The number of nitrogens with zero attached hydrogens (tertiary/aromatic N) is 5. The average Bonchev–Trinajstić information content (AvgIpc) is 3.26. The van der Waals surface area contributed by atoms with Gasteiger partial charge in [-0.2, -0.15) is 10.4 Å². The number of piperidine rings is 1. The molecule has 1 aliphatic rings. The summed E-state index contributed by atoms with van der Waals surface area (Å²) < 4.78 is 15.9. The van der Waals surface area contributed by atoms with Crippen molar-refractivity contribution in [2.75, 3.05) is 32.0 Å². The Morgan fingerprint density at radius 3 is 2.74 bits per heavy atom. The van der Waals surface area contributed by atoms with E-state index in [1.165, 1.54) is 26.2 Å². The SMILES string of the molecule is CN1CCC(Nc2cc(-c3ccc4cc(C#N)cnn34)ncc2C(=O)NC[C@@H](F)C(C)(C)O)CC1. The maximum atomic E-state index is 14.2. The van der Waals surface area contributed by atoms with Gasteiger partial charge >= 0.3 is 0 Å². The zero-order valence-electron chi connectivity index (χ0n) is 20.1. The zero-order valence-corrected chi connectivity index (χ0v) is 20.1. The van der Waals surface area contributed by atoms with Gasteiger partial charge in [0, 0.05) is 12.2 Å². The molecule has 9 nitrogen and oxygen atoms in total. The van der Waals surface area contributed by atoms with Crippen LogP contribution in [0.3, 0.4) is 0 Å². The van der Waals surface area contributed by atoms with Crippen LogP contribution < -0.4 is 10.6 Å². The molecule has 0 aromatic carbocycles. The molecule has 3 aromatic heterocycles. The van der Waals surface area contributed by atoms with Crippen molar-refractivity contribution in [3.63, 3.8) is 0 Å². The van der Waals surface area contributed by atoms with E-state index >= 15 is 0 Å². The van der Waals surface area contributed by atoms with Gasteiger partial charge in [0.25, 0.3) is 5.91 Å². The maximum absolute atomic E-state index is 14.2. The Bertz CT molecular complexity index is 1250. The van der Waals surface area contributed by atoms with Crippen LogP contribution >= 0.6 is 0 Å². The molecule has 0 unspecified atom stereocenters. The van der Waals surface area contributed by atoms with Crippen LogP contribution in [0.2, 0.25) is 0 Å². The third-order valence-corrected chi connectivity index (χ3v) is 6.33. The molecule has 1 saturated heterocycles. The number of hydrogen-bond donors (Lipinski definition) is 3. The number of alkyl halides is 1. The van der Waals surface area contributed by atoms with Crippen molar-refractivity contribution in [3.05, 3.63) is 47.8 Å². The van der Waals surface area contributed by atoms with Gasteiger partial charge in [0.15, 0.2) is 0 Å². The molecule has 0 aliphatic carbocycles. The minimum Gasteiger partial charge on any atom is -0.387 e. The molecular formula is C25H30FN7O2. The zero-order chi connectivity index (χ0) is 25.2. The largest absolute Gasteiger partial charge is 0.387 e. The van der Waals surface area contributed by atoms with Crippen molar-refractivity contribution in [2.45, 2.75) is 44.5 Å². The Balaban J connectivity index is 1.65. The summed E-state index contributed by atoms with van der Waals surface area (Å²) in [4.78, 5) is 19.7. The number of amides is 1. The van der Waals surface area contributed by atoms with E-state index in [0.29, 0.717) is 28.2 Å². The third-order valence-electron chi connectivity index (χ3n) is 6.33. The smallest absolute Gasteiger partial charge is 0.255 e. The minimum absolute atomic E-state index is 0.179. The predicted molar refractivity (Wildman–Crippen MR) is 131 cm³/mol. The first-order valence-electron chi connectivity index (χ1n) is 11.6. The Morgan fingerprint density at radius 2 is 2.06 bits per heavy atom. The lowest BCUT2D eigenvalue weighted by molar-refractivity contribution is -0.00177. The van der Waals surface area contributed by atoms with Crippen LogP contribution in [-0.2, 0) is 0 Å². The molecule has 1 fully saturated rings. The fourth-order valence-corrected chi connectivity index (χ4v) is 4.05. The van der Waals surface area contributed by atoms with Gasteiger partial charge in [-0.25, -0.2) is 8.91 Å². The number of rotatable bonds is 7. The van der Waals surface area contributed by atoms with E-state index in [-0.39, 0.29) is 12.6 Å². The number of likely N-dealkylation sites (tertiary alicyclic amines) is 1. The van der Waals surface area contributed by atoms with Crippen molar-refractivity contribution in [1.29, 1.82) is 5.26 Å². The van der Waals surface area contributed by atoms with Crippen molar-refractivity contribution in [3.8, 4) is 17.5 Å². The standard InChI is InChI=1S/C25H30FN7O2/c1-25(2,35)23(26)15-29-24(34)19-14-28-21(11-20(19)31-17-6-8-32(3)9-7-17)22-5-4-18-10-16(12-27)13-30-33(18)22/h4-5,10-11,13-14,17,23,35H,6-9,15H2,1-3H3,(H,28,31)(H,29,34)/t23-/m1/s1. The van der Waals surface area contributed by atoms with E-state index in [2.05, 4.69) is 38.7 Å². The van der Waals surface area contributed by atoms with Crippen molar-refractivity contribution < 1.29 is 14.3 Å². The number of carbonyl (C=O) groups excluding carboxylic acids is 1. The van der Waals surface area contributed by atoms with E-state index in [1.807, 2.05) is 12.1 Å². The van der Waals surface area contributed by atoms with Crippen molar-refractivity contribution in [2.24, 2.45) is 0 Å². The van der Waals surface area contributed by atoms with E-state index in [9.17, 15) is 14.3 Å². The van der Waals surface area contributed by atoms with E-state index in [1.54, 1.807) is 16.6 Å². The summed E-state index contributed by atoms with van der Waals surface area (Å²) in [5.41, 5.74) is 1.89. The highest BCUT2D eigenvalue weighted by Crippen LogP contribution is 2.27. The van der Waals surface area contributed by atoms with Crippen LogP contribution in [0.4, 0.5) is 10.1 Å². The fraction of sp³-hybridized carbons (Fsp3) is 0.440. The summed E-state index contributed by atoms with van der Waals surface area (Å²) in [5, 5.41) is 29.4. The molecule has 4 rings (SSSR count). The molecule has 0 saturated carbocycles. The Hall–Kier alpha value is -3.55. The molecule has 1 aliphatic heterocycles. The Labute approximate surface area is 203 Å². The van der Waals surface area contributed by atoms with Crippen LogP contribution in [0.1, 0.15) is 42.6 Å². The summed E-state index contributed by atoms with van der Waals surface area (Å²) >= 11 is 0. The molecule has 3 N–H and O–H groups in total. The average molecular weight is 480 g/mol. The van der Waals surface area contributed by atoms with E-state index in [4.69, 9.17) is 5.26 Å². The molecule has 0 bridgehead atoms. The molecule has 4 heterocycles. The van der Waals surface area contributed by atoms with Gasteiger partial charge in [0.05, 0.1) is 52.1 Å². The highest BCUT2D eigenvalue weighted by Gasteiger charge is 2.28. The second-order valence-electron chi connectivity index (χ2n) is 9.58. The topological polar surface area (TPSA) is 119 Å². The molecule has 3 aromatic rings. The van der Waals surface area contributed by atoms with Gasteiger partial charge in [-0.15, -0.1) is 0 Å². The van der Waals surface area contributed by atoms with Crippen LogP contribution in [0.25, 0.3) is 16.9 Å². The van der Waals surface area contributed by atoms with Crippen LogP contribution in [0.15, 0.2) is 36.7 Å². The van der Waals surface area contributed by atoms with Gasteiger partial charge in [-0.3, -0.25) is 9.78 Å². The molecule has 35 heavy (non-hydrogen) atoms. The second-order valence-corrected chi connectivity index (χ2v) is 9.58. The molecule has 10 heteroatoms. The van der Waals surface area contributed by atoms with Crippen LogP contribution in [0.5, 0.6) is 0 Å². The number of halogens is 1. The molecule has 0 radical (unpaired) electrons. The maximum Gasteiger partial charge on any atom is 0.255 e. The number of anilines is 1. The Kier molecular flexibility index (Phi) is 7.00. The summed E-state index contributed by atoms with van der Waals surface area (Å²) in [5.74, 6) is -0.469. The summed E-state index contributed by atoms with van der Waals surface area (Å²) in [6, 6.07) is 9.53. The fourth-order valence-electron chi connectivity index (χ4n) is 4.05. The van der Waals surface area contributed by atoms with Crippen molar-refractivity contribution >= 4 is 17.1 Å². The number of hydrogen-bond acceptors (Lipinski definition) is 7. The predicted octanol–water partition coefficient (Wildman–Crippen LogP) is 2.61. The minimum atomic E-state index is -1.61. The molecule has 0 spiro atoms. The molecule has 184 valence electrons. The first-order chi connectivity index (χ1) is 16.7. The Morgan fingerprint density at radius 1 is 1.31 bits per heavy atom. The van der Waals surface area contributed by atoms with Gasteiger partial charge in [0.2, 0.25) is 0 Å². The number of fused-ring (bicyclic) bond motifs is 1. The van der Waals surface area contributed by atoms with Gasteiger partial charge in [0.1, 0.15) is 12.2 Å². The van der Waals surface area contributed by atoms with Crippen LogP contribution in [-0.4, -0.2) is 75.0 Å². The number of nitriles is 1. The number of aromatic nitrogens is 3. The number of nitrogens with one attached hydrogen (secondary N) is 2. The quantitative estimate of drug-likeness (QED) is 0.477. The summed E-state index contributed by atoms with van der Waals surface area (Å²) in [6.45, 7) is 4.30. The van der Waals surface area contributed by atoms with Crippen molar-refractivity contribution in [1.82, 2.24) is 24.8 Å². The molecule has 1 amide bonds. The van der Waals surface area contributed by atoms with Gasteiger partial charge in [-0.05, 0) is 71.1 Å². The molecular weight excluding hydrogens is 449 g/mol. The number of aliphatic hydroxyl groups is 1. The highest BCUT2D eigenvalue weighted by atomic mass is 19.1. The number of carbonyl (C=O) groups is 1. The second kappa shape index (κ2) is 9.98. The van der Waals surface area contributed by atoms with Crippen LogP contribution in [0, 0.1) is 11.3 Å². The lowest BCUT2D eigenvalue weighted by atomic mass is 10.0. The van der Waals surface area contributed by atoms with E-state index < -0.39 is 17.7 Å². The van der Waals surface area contributed by atoms with Gasteiger partial charge < -0.3 is 20.6 Å². The lowest BCUT2D eigenvalue weighted by Gasteiger charge is -2.30. The summed E-state index contributed by atoms with van der Waals surface area (Å²) in [6.07, 6.45) is 3.20. The first-order valence-corrected chi connectivity index (χ1v) is 11.6.